The molecule has 1 rings (SSSR count). The first-order valence-electron chi connectivity index (χ1n) is 9.04. The molecule has 0 aliphatic rings. The number of thioether (sulfide) groups is 1. The normalized spacial score (nSPS) is 11.2. The smallest absolute Gasteiger partial charge is 0.191 e. The molecule has 0 fully saturated rings. The molecule has 5 nitrogen and oxygen atoms in total. The van der Waals surface area contributed by atoms with Crippen molar-refractivity contribution >= 4 is 41.7 Å². The van der Waals surface area contributed by atoms with Crippen molar-refractivity contribution in [2.24, 2.45) is 4.99 Å². The van der Waals surface area contributed by atoms with Gasteiger partial charge in [-0.15, -0.1) is 24.0 Å². The molecule has 26 heavy (non-hydrogen) atoms. The van der Waals surface area contributed by atoms with E-state index in [0.29, 0.717) is 13.2 Å². The first kappa shape index (κ1) is 25.3. The summed E-state index contributed by atoms with van der Waals surface area (Å²) in [5, 5.41) is 6.72. The van der Waals surface area contributed by atoms with Crippen LogP contribution < -0.4 is 15.4 Å². The van der Waals surface area contributed by atoms with E-state index in [1.165, 1.54) is 12.2 Å². The van der Waals surface area contributed by atoms with Gasteiger partial charge in [0.1, 0.15) is 12.4 Å². The Hall–Kier alpha value is -0.670. The number of benzene rings is 1. The fourth-order valence-electron chi connectivity index (χ4n) is 2.20. The van der Waals surface area contributed by atoms with Gasteiger partial charge in [-0.25, -0.2) is 4.99 Å². The number of guanidine groups is 1. The minimum absolute atomic E-state index is 0. The Kier molecular flexibility index (Phi) is 16.1. The Morgan fingerprint density at radius 2 is 1.96 bits per heavy atom. The molecule has 0 amide bonds. The van der Waals surface area contributed by atoms with E-state index in [4.69, 9.17) is 9.73 Å². The molecule has 0 radical (unpaired) electrons. The van der Waals surface area contributed by atoms with Crippen molar-refractivity contribution in [2.75, 3.05) is 52.3 Å². The SMILES string of the molecule is CCNC(=NCc1ccccc1OCCN(C)C)NCCCCSC.I. The number of unbranched alkanes of at least 4 members (excludes halogenated alkanes) is 1. The molecule has 0 saturated carbocycles. The van der Waals surface area contributed by atoms with Crippen molar-refractivity contribution in [3.63, 3.8) is 0 Å². The molecule has 0 spiro atoms. The van der Waals surface area contributed by atoms with E-state index in [2.05, 4.69) is 34.8 Å². The molecule has 0 aliphatic heterocycles. The summed E-state index contributed by atoms with van der Waals surface area (Å²) in [6.07, 6.45) is 4.54. The molecule has 1 aromatic carbocycles. The summed E-state index contributed by atoms with van der Waals surface area (Å²) in [7, 11) is 4.10. The lowest BCUT2D eigenvalue weighted by atomic mass is 10.2. The zero-order valence-corrected chi connectivity index (χ0v) is 19.7. The maximum absolute atomic E-state index is 5.91. The third-order valence-corrected chi connectivity index (χ3v) is 4.29. The van der Waals surface area contributed by atoms with Gasteiger partial charge in [-0.1, -0.05) is 18.2 Å². The number of halogens is 1. The summed E-state index contributed by atoms with van der Waals surface area (Å²) in [6, 6.07) is 8.14. The van der Waals surface area contributed by atoms with E-state index in [-0.39, 0.29) is 24.0 Å². The highest BCUT2D eigenvalue weighted by atomic mass is 127. The van der Waals surface area contributed by atoms with Crippen LogP contribution in [0, 0.1) is 0 Å². The van der Waals surface area contributed by atoms with Gasteiger partial charge in [0.15, 0.2) is 5.96 Å². The zero-order chi connectivity index (χ0) is 18.3. The molecule has 7 heteroatoms. The van der Waals surface area contributed by atoms with Crippen LogP contribution in [0.2, 0.25) is 0 Å². The Balaban J connectivity index is 0.00000625. The van der Waals surface area contributed by atoms with Crippen LogP contribution in [0.1, 0.15) is 25.3 Å². The molecule has 0 unspecified atom stereocenters. The fourth-order valence-corrected chi connectivity index (χ4v) is 2.69. The van der Waals surface area contributed by atoms with Gasteiger partial charge in [0, 0.05) is 25.2 Å². The lowest BCUT2D eigenvalue weighted by molar-refractivity contribution is 0.259. The standard InChI is InChI=1S/C19H34N4OS.HI/c1-5-20-19(21-12-8-9-15-25-4)22-16-17-10-6-7-11-18(17)24-14-13-23(2)3;/h6-7,10-11H,5,8-9,12-16H2,1-4H3,(H2,20,21,22);1H. The second-order valence-corrected chi connectivity index (χ2v) is 7.07. The van der Waals surface area contributed by atoms with E-state index < -0.39 is 0 Å². The molecule has 0 bridgehead atoms. The van der Waals surface area contributed by atoms with Crippen LogP contribution in [0.15, 0.2) is 29.3 Å². The second kappa shape index (κ2) is 16.5. The van der Waals surface area contributed by atoms with Crippen LogP contribution in [0.4, 0.5) is 0 Å². The highest BCUT2D eigenvalue weighted by Crippen LogP contribution is 2.18. The van der Waals surface area contributed by atoms with Gasteiger partial charge in [-0.05, 0) is 51.9 Å². The number of para-hydroxylation sites is 1. The Morgan fingerprint density at radius 1 is 1.19 bits per heavy atom. The van der Waals surface area contributed by atoms with Gasteiger partial charge in [0.05, 0.1) is 6.54 Å². The number of aliphatic imine (C=N–C) groups is 1. The molecular weight excluding hydrogens is 459 g/mol. The van der Waals surface area contributed by atoms with Gasteiger partial charge in [0.25, 0.3) is 0 Å². The van der Waals surface area contributed by atoms with Crippen LogP contribution in [-0.2, 0) is 6.54 Å². The molecule has 0 heterocycles. The zero-order valence-electron chi connectivity index (χ0n) is 16.6. The lowest BCUT2D eigenvalue weighted by Gasteiger charge is -2.14. The number of hydrogen-bond donors (Lipinski definition) is 2. The maximum atomic E-state index is 5.91. The lowest BCUT2D eigenvalue weighted by Crippen LogP contribution is -2.37. The number of nitrogens with zero attached hydrogens (tertiary/aromatic N) is 2. The Bertz CT molecular complexity index is 500. The molecule has 0 saturated heterocycles. The highest BCUT2D eigenvalue weighted by molar-refractivity contribution is 14.0. The van der Waals surface area contributed by atoms with Crippen LogP contribution in [0.5, 0.6) is 5.75 Å². The van der Waals surface area contributed by atoms with Crippen LogP contribution in [-0.4, -0.2) is 63.2 Å². The monoisotopic (exact) mass is 494 g/mol. The first-order valence-corrected chi connectivity index (χ1v) is 10.4. The average molecular weight is 494 g/mol. The molecule has 0 atom stereocenters. The average Bonchev–Trinajstić information content (AvgIpc) is 2.60. The predicted octanol–water partition coefficient (Wildman–Crippen LogP) is 3.44. The van der Waals surface area contributed by atoms with Crippen molar-refractivity contribution in [3.8, 4) is 5.75 Å². The number of ether oxygens (including phenoxy) is 1. The van der Waals surface area contributed by atoms with Gasteiger partial charge >= 0.3 is 0 Å². The largest absolute Gasteiger partial charge is 0.492 e. The summed E-state index contributed by atoms with van der Waals surface area (Å²) in [5.41, 5.74) is 1.11. The molecule has 1 aromatic rings. The predicted molar refractivity (Wildman–Crippen MR) is 126 cm³/mol. The summed E-state index contributed by atoms with van der Waals surface area (Å²) in [4.78, 5) is 6.82. The Morgan fingerprint density at radius 3 is 2.65 bits per heavy atom. The van der Waals surface area contributed by atoms with Gasteiger partial charge < -0.3 is 20.3 Å². The number of likely N-dealkylation sites (N-methyl/N-ethyl adjacent to an activating group) is 1. The highest BCUT2D eigenvalue weighted by Gasteiger charge is 2.04. The van der Waals surface area contributed by atoms with E-state index in [0.717, 1.165) is 43.3 Å². The summed E-state index contributed by atoms with van der Waals surface area (Å²) in [6.45, 7) is 6.09. The van der Waals surface area contributed by atoms with Crippen LogP contribution in [0.25, 0.3) is 0 Å². The van der Waals surface area contributed by atoms with Crippen molar-refractivity contribution in [1.82, 2.24) is 15.5 Å². The van der Waals surface area contributed by atoms with Gasteiger partial charge in [-0.3, -0.25) is 0 Å². The molecule has 0 aliphatic carbocycles. The number of nitrogens with one attached hydrogen (secondary N) is 2. The second-order valence-electron chi connectivity index (χ2n) is 6.08. The summed E-state index contributed by atoms with van der Waals surface area (Å²) >= 11 is 1.90. The van der Waals surface area contributed by atoms with Crippen molar-refractivity contribution in [1.29, 1.82) is 0 Å². The van der Waals surface area contributed by atoms with E-state index in [1.807, 2.05) is 44.1 Å². The number of hydrogen-bond acceptors (Lipinski definition) is 4. The molecule has 2 N–H and O–H groups in total. The molecule has 0 aromatic heterocycles. The van der Waals surface area contributed by atoms with E-state index in [9.17, 15) is 0 Å². The van der Waals surface area contributed by atoms with E-state index >= 15 is 0 Å². The van der Waals surface area contributed by atoms with Crippen LogP contribution in [0.3, 0.4) is 0 Å². The fraction of sp³-hybridized carbons (Fsp3) is 0.632. The minimum Gasteiger partial charge on any atom is -0.492 e. The quantitative estimate of drug-likeness (QED) is 0.202. The van der Waals surface area contributed by atoms with Crippen molar-refractivity contribution in [2.45, 2.75) is 26.3 Å². The molecule has 150 valence electrons. The topological polar surface area (TPSA) is 48.9 Å². The van der Waals surface area contributed by atoms with Crippen molar-refractivity contribution in [3.05, 3.63) is 29.8 Å². The van der Waals surface area contributed by atoms with Gasteiger partial charge in [-0.2, -0.15) is 11.8 Å². The van der Waals surface area contributed by atoms with Crippen molar-refractivity contribution < 1.29 is 4.74 Å². The third kappa shape index (κ3) is 11.9. The van der Waals surface area contributed by atoms with Crippen LogP contribution >= 0.6 is 35.7 Å². The number of rotatable bonds is 12. The van der Waals surface area contributed by atoms with E-state index in [1.54, 1.807) is 0 Å². The summed E-state index contributed by atoms with van der Waals surface area (Å²) in [5.74, 6) is 3.01. The first-order chi connectivity index (χ1) is 12.2. The van der Waals surface area contributed by atoms with Gasteiger partial charge in [0.2, 0.25) is 0 Å². The molecular formula is C19H35IN4OS. The minimum atomic E-state index is 0. The Labute approximate surface area is 180 Å². The maximum Gasteiger partial charge on any atom is 0.191 e. The third-order valence-electron chi connectivity index (χ3n) is 3.59. The summed E-state index contributed by atoms with van der Waals surface area (Å²) < 4.78 is 5.91.